The molecule has 0 unspecified atom stereocenters. The van der Waals surface area contributed by atoms with Gasteiger partial charge in [-0.25, -0.2) is 4.98 Å². The Bertz CT molecular complexity index is 405. The first-order chi connectivity index (χ1) is 8.48. The van der Waals surface area contributed by atoms with Crippen molar-refractivity contribution in [2.45, 2.75) is 26.4 Å². The van der Waals surface area contributed by atoms with Crippen molar-refractivity contribution in [3.63, 3.8) is 0 Å². The predicted octanol–water partition coefficient (Wildman–Crippen LogP) is 1.67. The van der Waals surface area contributed by atoms with E-state index in [0.717, 1.165) is 0 Å². The van der Waals surface area contributed by atoms with E-state index in [0.29, 0.717) is 24.7 Å². The Morgan fingerprint density at radius 3 is 2.78 bits per heavy atom. The molecule has 1 aromatic rings. The number of carbonyl (C=O) groups is 1. The second kappa shape index (κ2) is 6.35. The lowest BCUT2D eigenvalue weighted by Crippen LogP contribution is -2.40. The molecule has 1 aromatic heterocycles. The quantitative estimate of drug-likeness (QED) is 0.807. The van der Waals surface area contributed by atoms with Crippen LogP contribution in [0.3, 0.4) is 0 Å². The van der Waals surface area contributed by atoms with Crippen molar-refractivity contribution in [2.24, 2.45) is 0 Å². The molecule has 0 aliphatic heterocycles. The van der Waals surface area contributed by atoms with Crippen LogP contribution in [0.25, 0.3) is 0 Å². The van der Waals surface area contributed by atoms with E-state index in [1.807, 2.05) is 20.8 Å². The van der Waals surface area contributed by atoms with Crippen LogP contribution in [0.1, 0.15) is 31.3 Å². The lowest BCUT2D eigenvalue weighted by atomic mass is 10.1. The lowest BCUT2D eigenvalue weighted by Gasteiger charge is -2.24. The first kappa shape index (κ1) is 14.4. The molecule has 1 heterocycles. The van der Waals surface area contributed by atoms with Gasteiger partial charge in [-0.2, -0.15) is 0 Å². The fraction of sp³-hybridized carbons (Fsp3) is 0.538. The molecule has 0 spiro atoms. The van der Waals surface area contributed by atoms with Gasteiger partial charge < -0.3 is 15.4 Å². The van der Waals surface area contributed by atoms with Crippen LogP contribution in [0.4, 0.5) is 5.82 Å². The summed E-state index contributed by atoms with van der Waals surface area (Å²) in [5.74, 6) is 0.478. The first-order valence-corrected chi connectivity index (χ1v) is 6.05. The number of amides is 1. The molecule has 2 N–H and O–H groups in total. The molecule has 0 radical (unpaired) electrons. The van der Waals surface area contributed by atoms with Crippen molar-refractivity contribution in [1.82, 2.24) is 10.3 Å². The molecular weight excluding hydrogens is 230 g/mol. The molecule has 1 rings (SSSR count). The van der Waals surface area contributed by atoms with Gasteiger partial charge in [0.2, 0.25) is 0 Å². The number of rotatable bonds is 6. The zero-order valence-corrected chi connectivity index (χ0v) is 11.4. The molecule has 0 saturated heterocycles. The summed E-state index contributed by atoms with van der Waals surface area (Å²) >= 11 is 0. The van der Waals surface area contributed by atoms with Crippen molar-refractivity contribution in [2.75, 3.05) is 25.5 Å². The minimum atomic E-state index is -0.370. The minimum Gasteiger partial charge on any atom is -0.374 e. The maximum Gasteiger partial charge on any atom is 0.270 e. The van der Waals surface area contributed by atoms with Gasteiger partial charge in [0.05, 0.1) is 5.60 Å². The normalized spacial score (nSPS) is 11.1. The molecule has 100 valence electrons. The van der Waals surface area contributed by atoms with E-state index in [-0.39, 0.29) is 11.5 Å². The van der Waals surface area contributed by atoms with Crippen LogP contribution < -0.4 is 10.6 Å². The standard InChI is InChI=1S/C13H21N3O2/c1-5-18-13(2,3)9-15-12(17)10-7-6-8-11(14-4)16-10/h6-8H,5,9H2,1-4H3,(H,14,16)(H,15,17). The summed E-state index contributed by atoms with van der Waals surface area (Å²) in [5, 5.41) is 5.72. The molecule has 5 heteroatoms. The molecule has 0 atom stereocenters. The van der Waals surface area contributed by atoms with Gasteiger partial charge in [-0.15, -0.1) is 0 Å². The van der Waals surface area contributed by atoms with E-state index in [1.54, 1.807) is 25.2 Å². The number of ether oxygens (including phenoxy) is 1. The van der Waals surface area contributed by atoms with Crippen molar-refractivity contribution < 1.29 is 9.53 Å². The van der Waals surface area contributed by atoms with Gasteiger partial charge in [0.1, 0.15) is 11.5 Å². The summed E-state index contributed by atoms with van der Waals surface area (Å²) in [6.45, 7) is 6.88. The zero-order chi connectivity index (χ0) is 13.6. The number of anilines is 1. The highest BCUT2D eigenvalue weighted by Gasteiger charge is 2.19. The Morgan fingerprint density at radius 2 is 2.17 bits per heavy atom. The molecule has 0 bridgehead atoms. The summed E-state index contributed by atoms with van der Waals surface area (Å²) in [5.41, 5.74) is 0.0273. The van der Waals surface area contributed by atoms with E-state index >= 15 is 0 Å². The average molecular weight is 251 g/mol. The molecule has 18 heavy (non-hydrogen) atoms. The Kier molecular flexibility index (Phi) is 5.09. The van der Waals surface area contributed by atoms with Crippen LogP contribution in [0, 0.1) is 0 Å². The second-order valence-electron chi connectivity index (χ2n) is 4.53. The highest BCUT2D eigenvalue weighted by atomic mass is 16.5. The molecular formula is C13H21N3O2. The highest BCUT2D eigenvalue weighted by Crippen LogP contribution is 2.08. The Morgan fingerprint density at radius 1 is 1.44 bits per heavy atom. The summed E-state index contributed by atoms with van der Waals surface area (Å²) in [4.78, 5) is 16.1. The Labute approximate surface area is 108 Å². The largest absolute Gasteiger partial charge is 0.374 e. The van der Waals surface area contributed by atoms with Gasteiger partial charge in [-0.05, 0) is 32.9 Å². The number of pyridine rings is 1. The number of nitrogens with one attached hydrogen (secondary N) is 2. The predicted molar refractivity (Wildman–Crippen MR) is 71.8 cm³/mol. The van der Waals surface area contributed by atoms with E-state index in [4.69, 9.17) is 4.74 Å². The maximum atomic E-state index is 11.9. The average Bonchev–Trinajstić information content (AvgIpc) is 2.36. The fourth-order valence-corrected chi connectivity index (χ4v) is 1.53. The topological polar surface area (TPSA) is 63.2 Å². The summed E-state index contributed by atoms with van der Waals surface area (Å²) in [6.07, 6.45) is 0. The molecule has 0 saturated carbocycles. The molecule has 0 aliphatic carbocycles. The van der Waals surface area contributed by atoms with Gasteiger partial charge in [-0.3, -0.25) is 4.79 Å². The lowest BCUT2D eigenvalue weighted by molar-refractivity contribution is -0.00818. The van der Waals surface area contributed by atoms with Crippen LogP contribution in [0.2, 0.25) is 0 Å². The van der Waals surface area contributed by atoms with Crippen LogP contribution in [0.15, 0.2) is 18.2 Å². The second-order valence-corrected chi connectivity index (χ2v) is 4.53. The number of nitrogens with zero attached hydrogens (tertiary/aromatic N) is 1. The van der Waals surface area contributed by atoms with Gasteiger partial charge in [0.25, 0.3) is 5.91 Å². The van der Waals surface area contributed by atoms with E-state index in [1.165, 1.54) is 0 Å². The maximum absolute atomic E-state index is 11.9. The van der Waals surface area contributed by atoms with Crippen molar-refractivity contribution in [3.8, 4) is 0 Å². The highest BCUT2D eigenvalue weighted by molar-refractivity contribution is 5.92. The van der Waals surface area contributed by atoms with Gasteiger partial charge in [0, 0.05) is 20.2 Å². The smallest absolute Gasteiger partial charge is 0.270 e. The van der Waals surface area contributed by atoms with Gasteiger partial charge in [-0.1, -0.05) is 6.07 Å². The molecule has 1 amide bonds. The fourth-order valence-electron chi connectivity index (χ4n) is 1.53. The van der Waals surface area contributed by atoms with Crippen LogP contribution >= 0.6 is 0 Å². The van der Waals surface area contributed by atoms with Crippen LogP contribution in [-0.4, -0.2) is 36.7 Å². The summed E-state index contributed by atoms with van der Waals surface area (Å²) in [7, 11) is 1.77. The molecule has 0 aliphatic rings. The molecule has 5 nitrogen and oxygen atoms in total. The number of carbonyl (C=O) groups excluding carboxylic acids is 1. The summed E-state index contributed by atoms with van der Waals surface area (Å²) < 4.78 is 5.51. The Hall–Kier alpha value is -1.62. The minimum absolute atomic E-state index is 0.195. The zero-order valence-electron chi connectivity index (χ0n) is 11.4. The van der Waals surface area contributed by atoms with Crippen molar-refractivity contribution >= 4 is 11.7 Å². The number of aromatic nitrogens is 1. The third kappa shape index (κ3) is 4.33. The van der Waals surface area contributed by atoms with E-state index < -0.39 is 0 Å². The SMILES string of the molecule is CCOC(C)(C)CNC(=O)c1cccc(NC)n1. The van der Waals surface area contributed by atoms with Crippen molar-refractivity contribution in [1.29, 1.82) is 0 Å². The van der Waals surface area contributed by atoms with Gasteiger partial charge >= 0.3 is 0 Å². The third-order valence-corrected chi connectivity index (χ3v) is 2.45. The van der Waals surface area contributed by atoms with Crippen LogP contribution in [0.5, 0.6) is 0 Å². The van der Waals surface area contributed by atoms with E-state index in [2.05, 4.69) is 15.6 Å². The molecule has 0 fully saturated rings. The van der Waals surface area contributed by atoms with Gasteiger partial charge in [0.15, 0.2) is 0 Å². The number of hydrogen-bond acceptors (Lipinski definition) is 4. The Balaban J connectivity index is 2.60. The van der Waals surface area contributed by atoms with Crippen LogP contribution in [-0.2, 0) is 4.74 Å². The van der Waals surface area contributed by atoms with Crippen molar-refractivity contribution in [3.05, 3.63) is 23.9 Å². The summed E-state index contributed by atoms with van der Waals surface area (Å²) in [6, 6.07) is 5.28. The monoisotopic (exact) mass is 251 g/mol. The van der Waals surface area contributed by atoms with E-state index in [9.17, 15) is 4.79 Å². The number of hydrogen-bond donors (Lipinski definition) is 2. The molecule has 0 aromatic carbocycles. The first-order valence-electron chi connectivity index (χ1n) is 6.05. The third-order valence-electron chi connectivity index (χ3n) is 2.45.